The van der Waals surface area contributed by atoms with Crippen molar-refractivity contribution in [2.75, 3.05) is 20.6 Å². The molecular weight excluding hydrogens is 244 g/mol. The molecular formula is C18H30N2. The van der Waals surface area contributed by atoms with E-state index in [-0.39, 0.29) is 0 Å². The lowest BCUT2D eigenvalue weighted by Gasteiger charge is -2.36. The summed E-state index contributed by atoms with van der Waals surface area (Å²) in [5.41, 5.74) is 2.82. The predicted molar refractivity (Wildman–Crippen MR) is 87.0 cm³/mol. The first kappa shape index (κ1) is 15.5. The van der Waals surface area contributed by atoms with Gasteiger partial charge in [-0.05, 0) is 63.7 Å². The molecule has 1 aromatic carbocycles. The van der Waals surface area contributed by atoms with Crippen molar-refractivity contribution in [3.05, 3.63) is 35.4 Å². The van der Waals surface area contributed by atoms with Crippen molar-refractivity contribution in [2.24, 2.45) is 5.92 Å². The highest BCUT2D eigenvalue weighted by molar-refractivity contribution is 5.29. The Balaban J connectivity index is 1.98. The third-order valence-corrected chi connectivity index (χ3v) is 4.99. The van der Waals surface area contributed by atoms with Gasteiger partial charge in [0.2, 0.25) is 0 Å². The number of nitrogens with zero attached hydrogens (tertiary/aromatic N) is 1. The second-order valence-corrected chi connectivity index (χ2v) is 6.55. The van der Waals surface area contributed by atoms with Gasteiger partial charge >= 0.3 is 0 Å². The third-order valence-electron chi connectivity index (χ3n) is 4.99. The molecule has 1 N–H and O–H groups in total. The molecule has 1 aliphatic carbocycles. The van der Waals surface area contributed by atoms with Gasteiger partial charge in [-0.2, -0.15) is 0 Å². The molecule has 0 aromatic heterocycles. The number of likely N-dealkylation sites (N-methyl/N-ethyl adjacent to an activating group) is 2. The minimum Gasteiger partial charge on any atom is -0.312 e. The summed E-state index contributed by atoms with van der Waals surface area (Å²) in [6.45, 7) is 5.70. The van der Waals surface area contributed by atoms with Crippen LogP contribution >= 0.6 is 0 Å². The summed E-state index contributed by atoms with van der Waals surface area (Å²) in [4.78, 5) is 2.57. The van der Waals surface area contributed by atoms with Crippen LogP contribution in [0.4, 0.5) is 0 Å². The van der Waals surface area contributed by atoms with Crippen molar-refractivity contribution in [1.29, 1.82) is 0 Å². The fraction of sp³-hybridized carbons (Fsp3) is 0.667. The maximum Gasteiger partial charge on any atom is 0.0449 e. The molecule has 1 unspecified atom stereocenters. The molecule has 0 radical (unpaired) electrons. The normalized spacial score (nSPS) is 24.9. The summed E-state index contributed by atoms with van der Waals surface area (Å²) in [5.74, 6) is 0.927. The average Bonchev–Trinajstić information content (AvgIpc) is 2.46. The Morgan fingerprint density at radius 2 is 1.85 bits per heavy atom. The summed E-state index contributed by atoms with van der Waals surface area (Å²) in [6, 6.07) is 9.94. The van der Waals surface area contributed by atoms with E-state index in [1.54, 1.807) is 0 Å². The molecule has 0 amide bonds. The molecule has 112 valence electrons. The molecule has 20 heavy (non-hydrogen) atoms. The van der Waals surface area contributed by atoms with Crippen LogP contribution < -0.4 is 5.32 Å². The summed E-state index contributed by atoms with van der Waals surface area (Å²) in [7, 11) is 4.37. The third kappa shape index (κ3) is 3.83. The highest BCUT2D eigenvalue weighted by Crippen LogP contribution is 2.28. The van der Waals surface area contributed by atoms with E-state index in [9.17, 15) is 0 Å². The lowest BCUT2D eigenvalue weighted by atomic mass is 9.86. The van der Waals surface area contributed by atoms with Crippen LogP contribution in [0, 0.1) is 12.8 Å². The van der Waals surface area contributed by atoms with Gasteiger partial charge in [0.05, 0.1) is 0 Å². The van der Waals surface area contributed by atoms with Crippen molar-refractivity contribution in [3.8, 4) is 0 Å². The van der Waals surface area contributed by atoms with Gasteiger partial charge in [-0.3, -0.25) is 0 Å². The van der Waals surface area contributed by atoms with E-state index in [0.717, 1.165) is 18.5 Å². The van der Waals surface area contributed by atoms with Crippen molar-refractivity contribution < 1.29 is 0 Å². The summed E-state index contributed by atoms with van der Waals surface area (Å²) in [6.07, 6.45) is 5.51. The van der Waals surface area contributed by atoms with Crippen LogP contribution in [-0.2, 0) is 0 Å². The molecule has 0 bridgehead atoms. The molecule has 0 spiro atoms. The van der Waals surface area contributed by atoms with Crippen molar-refractivity contribution in [3.63, 3.8) is 0 Å². The van der Waals surface area contributed by atoms with Crippen LogP contribution in [0.25, 0.3) is 0 Å². The zero-order chi connectivity index (χ0) is 14.5. The quantitative estimate of drug-likeness (QED) is 0.879. The smallest absolute Gasteiger partial charge is 0.0449 e. The molecule has 0 aliphatic heterocycles. The molecule has 2 nitrogen and oxygen atoms in total. The molecule has 1 fully saturated rings. The van der Waals surface area contributed by atoms with E-state index in [2.05, 4.69) is 62.4 Å². The number of aryl methyl sites for hydroxylation is 1. The Hall–Kier alpha value is -0.860. The van der Waals surface area contributed by atoms with Gasteiger partial charge in [-0.15, -0.1) is 0 Å². The van der Waals surface area contributed by atoms with Crippen LogP contribution in [0.2, 0.25) is 0 Å². The largest absolute Gasteiger partial charge is 0.312 e. The molecule has 1 saturated carbocycles. The van der Waals surface area contributed by atoms with Crippen molar-refractivity contribution in [2.45, 2.75) is 51.6 Å². The van der Waals surface area contributed by atoms with Gasteiger partial charge in [0, 0.05) is 18.6 Å². The zero-order valence-corrected chi connectivity index (χ0v) is 13.5. The minimum atomic E-state index is 0.431. The number of benzene rings is 1. The summed E-state index contributed by atoms with van der Waals surface area (Å²) < 4.78 is 0. The second-order valence-electron chi connectivity index (χ2n) is 6.55. The van der Waals surface area contributed by atoms with Gasteiger partial charge in [0.25, 0.3) is 0 Å². The van der Waals surface area contributed by atoms with Crippen LogP contribution in [0.1, 0.15) is 49.8 Å². The molecule has 2 rings (SSSR count). The van der Waals surface area contributed by atoms with Gasteiger partial charge < -0.3 is 10.2 Å². The number of nitrogens with one attached hydrogen (secondary N) is 1. The Kier molecular flexibility index (Phi) is 5.62. The van der Waals surface area contributed by atoms with Crippen LogP contribution in [0.15, 0.2) is 24.3 Å². The first-order valence-electron chi connectivity index (χ1n) is 8.04. The lowest BCUT2D eigenvalue weighted by Crippen LogP contribution is -2.40. The Morgan fingerprint density at radius 3 is 2.45 bits per heavy atom. The van der Waals surface area contributed by atoms with Crippen LogP contribution in [-0.4, -0.2) is 31.6 Å². The first-order chi connectivity index (χ1) is 9.61. The van der Waals surface area contributed by atoms with Crippen molar-refractivity contribution in [1.82, 2.24) is 10.2 Å². The van der Waals surface area contributed by atoms with E-state index in [1.807, 2.05) is 0 Å². The molecule has 1 aliphatic rings. The van der Waals surface area contributed by atoms with Gasteiger partial charge in [-0.1, -0.05) is 31.2 Å². The molecule has 1 atom stereocenters. The summed E-state index contributed by atoms with van der Waals surface area (Å²) >= 11 is 0. The highest BCUT2D eigenvalue weighted by Gasteiger charge is 2.24. The molecule has 0 saturated heterocycles. The fourth-order valence-corrected chi connectivity index (χ4v) is 3.44. The molecule has 0 heterocycles. The predicted octanol–water partition coefficient (Wildman–Crippen LogP) is 3.77. The standard InChI is InChI=1S/C18H30N2/c1-14-9-11-16(12-10-14)20(4)13-18(19-3)17-8-6-5-7-15(17)2/h5-8,14,16,18-19H,9-13H2,1-4H3. The molecule has 1 aromatic rings. The lowest BCUT2D eigenvalue weighted by molar-refractivity contribution is 0.158. The average molecular weight is 274 g/mol. The second kappa shape index (κ2) is 7.24. The van der Waals surface area contributed by atoms with E-state index in [1.165, 1.54) is 36.8 Å². The Morgan fingerprint density at radius 1 is 1.20 bits per heavy atom. The maximum atomic E-state index is 3.50. The topological polar surface area (TPSA) is 15.3 Å². The number of hydrogen-bond donors (Lipinski definition) is 1. The SMILES string of the molecule is CNC(CN(C)C1CCC(C)CC1)c1ccccc1C. The number of hydrogen-bond acceptors (Lipinski definition) is 2. The Labute approximate surface area is 124 Å². The number of rotatable bonds is 5. The Bertz CT molecular complexity index is 408. The monoisotopic (exact) mass is 274 g/mol. The van der Waals surface area contributed by atoms with E-state index in [4.69, 9.17) is 0 Å². The maximum absolute atomic E-state index is 3.50. The van der Waals surface area contributed by atoms with Crippen LogP contribution in [0.3, 0.4) is 0 Å². The van der Waals surface area contributed by atoms with E-state index < -0.39 is 0 Å². The molecule has 2 heteroatoms. The van der Waals surface area contributed by atoms with Crippen LogP contribution in [0.5, 0.6) is 0 Å². The van der Waals surface area contributed by atoms with Crippen molar-refractivity contribution >= 4 is 0 Å². The van der Waals surface area contributed by atoms with E-state index >= 15 is 0 Å². The van der Waals surface area contributed by atoms with Gasteiger partial charge in [-0.25, -0.2) is 0 Å². The minimum absolute atomic E-state index is 0.431. The fourth-order valence-electron chi connectivity index (χ4n) is 3.44. The highest BCUT2D eigenvalue weighted by atomic mass is 15.1. The summed E-state index contributed by atoms with van der Waals surface area (Å²) in [5, 5.41) is 3.50. The first-order valence-corrected chi connectivity index (χ1v) is 8.04. The van der Waals surface area contributed by atoms with E-state index in [0.29, 0.717) is 6.04 Å². The van der Waals surface area contributed by atoms with Gasteiger partial charge in [0.15, 0.2) is 0 Å². The van der Waals surface area contributed by atoms with Gasteiger partial charge in [0.1, 0.15) is 0 Å². The zero-order valence-electron chi connectivity index (χ0n) is 13.5.